The van der Waals surface area contributed by atoms with Gasteiger partial charge in [-0.3, -0.25) is 4.79 Å². The number of ether oxygens (including phenoxy) is 1. The summed E-state index contributed by atoms with van der Waals surface area (Å²) in [5, 5.41) is 11.9. The molecule has 1 saturated heterocycles. The van der Waals surface area contributed by atoms with Gasteiger partial charge in [0.2, 0.25) is 0 Å². The van der Waals surface area contributed by atoms with E-state index in [2.05, 4.69) is 5.32 Å². The van der Waals surface area contributed by atoms with Crippen LogP contribution in [0.1, 0.15) is 10.4 Å². The second-order valence-corrected chi connectivity index (χ2v) is 4.31. The normalized spacial score (nSPS) is 18.9. The minimum Gasteiger partial charge on any atom is -0.478 e. The average Bonchev–Trinajstić information content (AvgIpc) is 2.46. The zero-order valence-electron chi connectivity index (χ0n) is 10.6. The summed E-state index contributed by atoms with van der Waals surface area (Å²) in [6, 6.07) is 6.16. The van der Waals surface area contributed by atoms with Crippen molar-refractivity contribution < 1.29 is 19.4 Å². The smallest absolute Gasteiger partial charge is 0.335 e. The van der Waals surface area contributed by atoms with E-state index in [1.54, 1.807) is 19.2 Å². The van der Waals surface area contributed by atoms with Crippen molar-refractivity contribution in [1.82, 2.24) is 5.32 Å². The lowest BCUT2D eigenvalue weighted by molar-refractivity contribution is -0.131. The van der Waals surface area contributed by atoms with E-state index >= 15 is 0 Å². The van der Waals surface area contributed by atoms with E-state index in [9.17, 15) is 9.59 Å². The molecule has 1 heterocycles. The van der Waals surface area contributed by atoms with E-state index in [1.165, 1.54) is 17.0 Å². The van der Waals surface area contributed by atoms with Gasteiger partial charge in [0, 0.05) is 25.8 Å². The van der Waals surface area contributed by atoms with Crippen molar-refractivity contribution in [3.63, 3.8) is 0 Å². The number of carbonyl (C=O) groups is 2. The Morgan fingerprint density at radius 1 is 1.37 bits per heavy atom. The van der Waals surface area contributed by atoms with Crippen LogP contribution in [0.5, 0.6) is 0 Å². The summed E-state index contributed by atoms with van der Waals surface area (Å²) in [5.41, 5.74) is 0.837. The Hall–Kier alpha value is -1.92. The molecule has 1 amide bonds. The minimum atomic E-state index is -0.986. The maximum Gasteiger partial charge on any atom is 0.335 e. The molecule has 0 aromatic heterocycles. The van der Waals surface area contributed by atoms with Gasteiger partial charge in [-0.2, -0.15) is 0 Å². The molecule has 0 bridgehead atoms. The van der Waals surface area contributed by atoms with Crippen molar-refractivity contribution in [3.05, 3.63) is 29.8 Å². The SMILES string of the molecule is CN(C(=O)C1CNCCO1)c1ccc(C(=O)O)cc1. The molecule has 0 aliphatic carbocycles. The number of hydrogen-bond donors (Lipinski definition) is 2. The quantitative estimate of drug-likeness (QED) is 0.823. The van der Waals surface area contributed by atoms with Crippen molar-refractivity contribution in [3.8, 4) is 0 Å². The van der Waals surface area contributed by atoms with Crippen LogP contribution >= 0.6 is 0 Å². The molecular weight excluding hydrogens is 248 g/mol. The Kier molecular flexibility index (Phi) is 4.13. The molecule has 0 saturated carbocycles. The number of hydrogen-bond acceptors (Lipinski definition) is 4. The largest absolute Gasteiger partial charge is 0.478 e. The third-order valence-electron chi connectivity index (χ3n) is 3.04. The first-order valence-corrected chi connectivity index (χ1v) is 6.03. The summed E-state index contributed by atoms with van der Waals surface area (Å²) in [5.74, 6) is -1.13. The van der Waals surface area contributed by atoms with E-state index in [-0.39, 0.29) is 11.5 Å². The minimum absolute atomic E-state index is 0.143. The Morgan fingerprint density at radius 2 is 2.05 bits per heavy atom. The van der Waals surface area contributed by atoms with Crippen LogP contribution in [0.25, 0.3) is 0 Å². The molecule has 1 aliphatic rings. The standard InChI is InChI=1S/C13H16N2O4/c1-15(12(16)11-8-14-6-7-19-11)10-4-2-9(3-5-10)13(17)18/h2-5,11,14H,6-8H2,1H3,(H,17,18). The summed E-state index contributed by atoms with van der Waals surface area (Å²) in [7, 11) is 1.65. The maximum absolute atomic E-state index is 12.2. The molecule has 1 aromatic rings. The Balaban J connectivity index is 2.07. The average molecular weight is 264 g/mol. The Bertz CT molecular complexity index is 466. The summed E-state index contributed by atoms with van der Waals surface area (Å²) in [4.78, 5) is 24.4. The highest BCUT2D eigenvalue weighted by Gasteiger charge is 2.25. The molecule has 0 spiro atoms. The molecule has 2 rings (SSSR count). The number of carboxylic acids is 1. The zero-order valence-corrected chi connectivity index (χ0v) is 10.6. The first-order valence-electron chi connectivity index (χ1n) is 6.03. The molecule has 0 radical (unpaired) electrons. The van der Waals surface area contributed by atoms with Crippen LogP contribution in [-0.4, -0.2) is 49.8 Å². The van der Waals surface area contributed by atoms with Crippen molar-refractivity contribution in [2.75, 3.05) is 31.6 Å². The number of benzene rings is 1. The summed E-state index contributed by atoms with van der Waals surface area (Å²) in [6.07, 6.45) is -0.488. The van der Waals surface area contributed by atoms with Crippen molar-refractivity contribution in [2.45, 2.75) is 6.10 Å². The highest BCUT2D eigenvalue weighted by Crippen LogP contribution is 2.16. The fraction of sp³-hybridized carbons (Fsp3) is 0.385. The fourth-order valence-corrected chi connectivity index (χ4v) is 1.89. The molecule has 102 valence electrons. The lowest BCUT2D eigenvalue weighted by Crippen LogP contribution is -2.48. The number of nitrogens with one attached hydrogen (secondary N) is 1. The lowest BCUT2D eigenvalue weighted by atomic mass is 10.2. The number of likely N-dealkylation sites (N-methyl/N-ethyl adjacent to an activating group) is 1. The predicted molar refractivity (Wildman–Crippen MR) is 69.4 cm³/mol. The van der Waals surface area contributed by atoms with Gasteiger partial charge in [-0.25, -0.2) is 4.79 Å². The third-order valence-corrected chi connectivity index (χ3v) is 3.04. The molecule has 1 unspecified atom stereocenters. The zero-order chi connectivity index (χ0) is 13.8. The first-order chi connectivity index (χ1) is 9.09. The first kappa shape index (κ1) is 13.5. The second-order valence-electron chi connectivity index (χ2n) is 4.31. The molecular formula is C13H16N2O4. The summed E-state index contributed by atoms with van der Waals surface area (Å²) >= 11 is 0. The van der Waals surface area contributed by atoms with Crippen LogP contribution in [0.3, 0.4) is 0 Å². The lowest BCUT2D eigenvalue weighted by Gasteiger charge is -2.27. The fourth-order valence-electron chi connectivity index (χ4n) is 1.89. The number of anilines is 1. The van der Waals surface area contributed by atoms with Crippen LogP contribution in [0.2, 0.25) is 0 Å². The highest BCUT2D eigenvalue weighted by atomic mass is 16.5. The van der Waals surface area contributed by atoms with Gasteiger partial charge in [-0.05, 0) is 24.3 Å². The van der Waals surface area contributed by atoms with Crippen molar-refractivity contribution in [2.24, 2.45) is 0 Å². The Labute approximate surface area is 111 Å². The third kappa shape index (κ3) is 3.10. The van der Waals surface area contributed by atoms with Gasteiger partial charge in [-0.1, -0.05) is 0 Å². The molecule has 6 heteroatoms. The number of carboxylic acid groups (broad SMARTS) is 1. The van der Waals surface area contributed by atoms with E-state index in [0.717, 1.165) is 6.54 Å². The van der Waals surface area contributed by atoms with E-state index < -0.39 is 12.1 Å². The molecule has 6 nitrogen and oxygen atoms in total. The second kappa shape index (κ2) is 5.81. The molecule has 19 heavy (non-hydrogen) atoms. The topological polar surface area (TPSA) is 78.9 Å². The number of nitrogens with zero attached hydrogens (tertiary/aromatic N) is 1. The number of amides is 1. The molecule has 1 aliphatic heterocycles. The van der Waals surface area contributed by atoms with Gasteiger partial charge in [-0.15, -0.1) is 0 Å². The predicted octanol–water partition coefficient (Wildman–Crippen LogP) is 0.336. The monoisotopic (exact) mass is 264 g/mol. The van der Waals surface area contributed by atoms with Crippen LogP contribution < -0.4 is 10.2 Å². The van der Waals surface area contributed by atoms with Crippen molar-refractivity contribution in [1.29, 1.82) is 0 Å². The summed E-state index contributed by atoms with van der Waals surface area (Å²) in [6.45, 7) is 1.76. The highest BCUT2D eigenvalue weighted by molar-refractivity contribution is 5.97. The van der Waals surface area contributed by atoms with Gasteiger partial charge in [0.25, 0.3) is 5.91 Å². The number of rotatable bonds is 3. The van der Waals surface area contributed by atoms with Gasteiger partial charge >= 0.3 is 5.97 Å². The van der Waals surface area contributed by atoms with Crippen LogP contribution in [0.15, 0.2) is 24.3 Å². The van der Waals surface area contributed by atoms with Gasteiger partial charge < -0.3 is 20.1 Å². The molecule has 1 atom stereocenters. The number of morpholine rings is 1. The van der Waals surface area contributed by atoms with E-state index in [1.807, 2.05) is 0 Å². The molecule has 1 fully saturated rings. The summed E-state index contributed by atoms with van der Waals surface area (Å²) < 4.78 is 5.40. The van der Waals surface area contributed by atoms with Gasteiger partial charge in [0.05, 0.1) is 12.2 Å². The van der Waals surface area contributed by atoms with Gasteiger partial charge in [0.15, 0.2) is 0 Å². The van der Waals surface area contributed by atoms with Crippen molar-refractivity contribution >= 4 is 17.6 Å². The van der Waals surface area contributed by atoms with E-state index in [0.29, 0.717) is 18.8 Å². The Morgan fingerprint density at radius 3 is 2.58 bits per heavy atom. The number of carbonyl (C=O) groups excluding carboxylic acids is 1. The maximum atomic E-state index is 12.2. The number of aromatic carboxylic acids is 1. The van der Waals surface area contributed by atoms with Gasteiger partial charge in [0.1, 0.15) is 6.10 Å². The van der Waals surface area contributed by atoms with Crippen LogP contribution in [0, 0.1) is 0 Å². The molecule has 2 N–H and O–H groups in total. The van der Waals surface area contributed by atoms with E-state index in [4.69, 9.17) is 9.84 Å². The van der Waals surface area contributed by atoms with Crippen LogP contribution in [0.4, 0.5) is 5.69 Å². The van der Waals surface area contributed by atoms with Crippen LogP contribution in [-0.2, 0) is 9.53 Å². The molecule has 1 aromatic carbocycles.